The molecule has 4 heteroatoms. The maximum atomic E-state index is 4.47. The van der Waals surface area contributed by atoms with Crippen LogP contribution in [0.4, 0.5) is 5.82 Å². The zero-order valence-electron chi connectivity index (χ0n) is 10.6. The molecule has 2 aromatic heterocycles. The third-order valence-corrected chi connectivity index (χ3v) is 3.67. The largest absolute Gasteiger partial charge is 0.355 e. The van der Waals surface area contributed by atoms with E-state index in [0.717, 1.165) is 17.9 Å². The molecule has 3 rings (SSSR count). The van der Waals surface area contributed by atoms with E-state index >= 15 is 0 Å². The molecule has 0 saturated heterocycles. The molecule has 0 fully saturated rings. The van der Waals surface area contributed by atoms with Crippen LogP contribution in [-0.2, 0) is 13.0 Å². The Balaban J connectivity index is 2.24. The molecule has 0 bridgehead atoms. The van der Waals surface area contributed by atoms with E-state index in [0.29, 0.717) is 6.04 Å². The van der Waals surface area contributed by atoms with Crippen LogP contribution in [0.15, 0.2) is 12.4 Å². The maximum Gasteiger partial charge on any atom is 0.156 e. The van der Waals surface area contributed by atoms with Gasteiger partial charge in [0.1, 0.15) is 11.8 Å². The lowest BCUT2D eigenvalue weighted by Gasteiger charge is -2.23. The molecule has 1 aliphatic heterocycles. The number of aryl methyl sites for hydroxylation is 2. The zero-order chi connectivity index (χ0) is 12.0. The van der Waals surface area contributed by atoms with Gasteiger partial charge in [0.2, 0.25) is 0 Å². The molecule has 0 radical (unpaired) electrons. The topological polar surface area (TPSA) is 34.0 Å². The Bertz CT molecular complexity index is 556. The summed E-state index contributed by atoms with van der Waals surface area (Å²) in [4.78, 5) is 11.1. The van der Waals surface area contributed by atoms with E-state index in [2.05, 4.69) is 46.4 Å². The fourth-order valence-electron chi connectivity index (χ4n) is 2.51. The normalized spacial score (nSPS) is 14.6. The molecule has 0 atom stereocenters. The highest BCUT2D eigenvalue weighted by molar-refractivity contribution is 5.88. The smallest absolute Gasteiger partial charge is 0.156 e. The highest BCUT2D eigenvalue weighted by atomic mass is 15.2. The van der Waals surface area contributed by atoms with Gasteiger partial charge in [0.25, 0.3) is 0 Å². The van der Waals surface area contributed by atoms with Gasteiger partial charge in [0, 0.05) is 25.3 Å². The first kappa shape index (κ1) is 10.6. The monoisotopic (exact) mass is 230 g/mol. The van der Waals surface area contributed by atoms with E-state index in [1.807, 2.05) is 0 Å². The highest BCUT2D eigenvalue weighted by Gasteiger charge is 2.20. The second-order valence-corrected chi connectivity index (χ2v) is 5.03. The van der Waals surface area contributed by atoms with Crippen LogP contribution in [0.25, 0.3) is 11.0 Å². The molecule has 0 spiro atoms. The Labute approximate surface area is 101 Å². The molecule has 17 heavy (non-hydrogen) atoms. The van der Waals surface area contributed by atoms with Crippen LogP contribution in [-0.4, -0.2) is 27.6 Å². The van der Waals surface area contributed by atoms with Gasteiger partial charge in [-0.1, -0.05) is 0 Å². The molecule has 0 unspecified atom stereocenters. The summed E-state index contributed by atoms with van der Waals surface area (Å²) in [5.41, 5.74) is 3.69. The number of hydrogen-bond donors (Lipinski definition) is 0. The first-order chi connectivity index (χ1) is 8.18. The van der Waals surface area contributed by atoms with Crippen LogP contribution in [0.5, 0.6) is 0 Å². The Hall–Kier alpha value is -1.58. The summed E-state index contributed by atoms with van der Waals surface area (Å²) in [5.74, 6) is 1.05. The standard InChI is InChI=1S/C13H18N4/c1-9(2)16(3)13-12-11(14-8-15-13)7-10-5-4-6-17(10)12/h7-9H,4-6H2,1-3H3. The Morgan fingerprint density at radius 1 is 1.35 bits per heavy atom. The Morgan fingerprint density at radius 3 is 2.94 bits per heavy atom. The summed E-state index contributed by atoms with van der Waals surface area (Å²) in [6.45, 7) is 5.47. The van der Waals surface area contributed by atoms with Gasteiger partial charge >= 0.3 is 0 Å². The molecule has 90 valence electrons. The van der Waals surface area contributed by atoms with E-state index in [1.54, 1.807) is 6.33 Å². The summed E-state index contributed by atoms with van der Waals surface area (Å²) >= 11 is 0. The maximum absolute atomic E-state index is 4.47. The molecular formula is C13H18N4. The minimum Gasteiger partial charge on any atom is -0.355 e. The molecule has 0 saturated carbocycles. The van der Waals surface area contributed by atoms with Gasteiger partial charge in [0.15, 0.2) is 5.82 Å². The van der Waals surface area contributed by atoms with Crippen molar-refractivity contribution in [3.8, 4) is 0 Å². The first-order valence-corrected chi connectivity index (χ1v) is 6.24. The third kappa shape index (κ3) is 1.51. The van der Waals surface area contributed by atoms with Crippen molar-refractivity contribution in [1.82, 2.24) is 14.5 Å². The van der Waals surface area contributed by atoms with E-state index in [1.165, 1.54) is 24.1 Å². The molecule has 0 amide bonds. The van der Waals surface area contributed by atoms with Crippen molar-refractivity contribution in [2.75, 3.05) is 11.9 Å². The van der Waals surface area contributed by atoms with Crippen LogP contribution < -0.4 is 4.90 Å². The average Bonchev–Trinajstić information content (AvgIpc) is 2.86. The average molecular weight is 230 g/mol. The Morgan fingerprint density at radius 2 is 2.18 bits per heavy atom. The van der Waals surface area contributed by atoms with E-state index in [9.17, 15) is 0 Å². The van der Waals surface area contributed by atoms with Gasteiger partial charge in [-0.05, 0) is 32.8 Å². The van der Waals surface area contributed by atoms with Gasteiger partial charge in [-0.2, -0.15) is 0 Å². The first-order valence-electron chi connectivity index (χ1n) is 6.24. The molecule has 2 aromatic rings. The quantitative estimate of drug-likeness (QED) is 0.793. The second kappa shape index (κ2) is 3.72. The van der Waals surface area contributed by atoms with E-state index < -0.39 is 0 Å². The predicted molar refractivity (Wildman–Crippen MR) is 69.4 cm³/mol. The van der Waals surface area contributed by atoms with Gasteiger partial charge in [0.05, 0.1) is 5.52 Å². The van der Waals surface area contributed by atoms with Crippen molar-refractivity contribution < 1.29 is 0 Å². The van der Waals surface area contributed by atoms with E-state index in [-0.39, 0.29) is 0 Å². The summed E-state index contributed by atoms with van der Waals surface area (Å²) in [6.07, 6.45) is 4.08. The molecule has 4 nitrogen and oxygen atoms in total. The summed E-state index contributed by atoms with van der Waals surface area (Å²) in [6, 6.07) is 2.66. The number of nitrogens with zero attached hydrogens (tertiary/aromatic N) is 4. The molecule has 1 aliphatic rings. The van der Waals surface area contributed by atoms with Crippen molar-refractivity contribution in [2.45, 2.75) is 39.3 Å². The SMILES string of the molecule is CC(C)N(C)c1ncnc2cc3n(c12)CCC3. The Kier molecular flexibility index (Phi) is 2.31. The summed E-state index contributed by atoms with van der Waals surface area (Å²) in [7, 11) is 2.10. The lowest BCUT2D eigenvalue weighted by atomic mass is 10.3. The van der Waals surface area contributed by atoms with Gasteiger partial charge in [-0.15, -0.1) is 0 Å². The summed E-state index contributed by atoms with van der Waals surface area (Å²) in [5, 5.41) is 0. The number of aromatic nitrogens is 3. The molecular weight excluding hydrogens is 212 g/mol. The summed E-state index contributed by atoms with van der Waals surface area (Å²) < 4.78 is 2.38. The van der Waals surface area contributed by atoms with Gasteiger partial charge in [-0.25, -0.2) is 9.97 Å². The highest BCUT2D eigenvalue weighted by Crippen LogP contribution is 2.30. The fourth-order valence-corrected chi connectivity index (χ4v) is 2.51. The van der Waals surface area contributed by atoms with Crippen LogP contribution >= 0.6 is 0 Å². The van der Waals surface area contributed by atoms with Crippen molar-refractivity contribution in [3.63, 3.8) is 0 Å². The molecule has 0 N–H and O–H groups in total. The van der Waals surface area contributed by atoms with Crippen molar-refractivity contribution in [1.29, 1.82) is 0 Å². The van der Waals surface area contributed by atoms with Crippen molar-refractivity contribution in [3.05, 3.63) is 18.1 Å². The van der Waals surface area contributed by atoms with Gasteiger partial charge in [-0.3, -0.25) is 0 Å². The fraction of sp³-hybridized carbons (Fsp3) is 0.538. The number of fused-ring (bicyclic) bond motifs is 3. The number of anilines is 1. The van der Waals surface area contributed by atoms with Crippen LogP contribution in [0, 0.1) is 0 Å². The molecule has 3 heterocycles. The van der Waals surface area contributed by atoms with Gasteiger partial charge < -0.3 is 9.47 Å². The minimum absolute atomic E-state index is 0.445. The number of rotatable bonds is 2. The molecule has 0 aliphatic carbocycles. The predicted octanol–water partition coefficient (Wildman–Crippen LogP) is 2.22. The number of hydrogen-bond acceptors (Lipinski definition) is 3. The zero-order valence-corrected chi connectivity index (χ0v) is 10.6. The van der Waals surface area contributed by atoms with Crippen molar-refractivity contribution >= 4 is 16.9 Å². The van der Waals surface area contributed by atoms with Crippen LogP contribution in [0.1, 0.15) is 26.0 Å². The second-order valence-electron chi connectivity index (χ2n) is 5.03. The lowest BCUT2D eigenvalue weighted by Crippen LogP contribution is -2.27. The lowest BCUT2D eigenvalue weighted by molar-refractivity contribution is 0.732. The van der Waals surface area contributed by atoms with E-state index in [4.69, 9.17) is 0 Å². The van der Waals surface area contributed by atoms with Crippen LogP contribution in [0.3, 0.4) is 0 Å². The molecule has 0 aromatic carbocycles. The minimum atomic E-state index is 0.445. The third-order valence-electron chi connectivity index (χ3n) is 3.67. The van der Waals surface area contributed by atoms with Crippen LogP contribution in [0.2, 0.25) is 0 Å². The van der Waals surface area contributed by atoms with Crippen molar-refractivity contribution in [2.24, 2.45) is 0 Å².